The summed E-state index contributed by atoms with van der Waals surface area (Å²) < 4.78 is 0. The van der Waals surface area contributed by atoms with Gasteiger partial charge in [-0.2, -0.15) is 0 Å². The molecule has 0 saturated heterocycles. The normalized spacial score (nSPS) is 32.7. The SMILES string of the molecule is CCCC1CC12CCC2.[V]. The molecule has 1 radical (unpaired) electrons. The Hall–Kier alpha value is 0.584. The Morgan fingerprint density at radius 3 is 2.40 bits per heavy atom. The van der Waals surface area contributed by atoms with Gasteiger partial charge in [-0.15, -0.1) is 0 Å². The van der Waals surface area contributed by atoms with E-state index in [1.54, 1.807) is 19.3 Å². The zero-order chi connectivity index (χ0) is 6.32. The summed E-state index contributed by atoms with van der Waals surface area (Å²) in [5.41, 5.74) is 0.940. The van der Waals surface area contributed by atoms with Gasteiger partial charge in [0.15, 0.2) is 0 Å². The number of rotatable bonds is 2. The number of hydrogen-bond acceptors (Lipinski definition) is 0. The minimum absolute atomic E-state index is 0. The Bertz CT molecular complexity index is 114. The molecule has 0 nitrogen and oxygen atoms in total. The largest absolute Gasteiger partial charge is 0.0654 e. The topological polar surface area (TPSA) is 0 Å². The van der Waals surface area contributed by atoms with E-state index in [1.165, 1.54) is 19.3 Å². The molecule has 2 fully saturated rings. The fourth-order valence-electron chi connectivity index (χ4n) is 2.43. The molecule has 0 aromatic heterocycles. The molecule has 0 bridgehead atoms. The van der Waals surface area contributed by atoms with Crippen LogP contribution in [0.3, 0.4) is 0 Å². The summed E-state index contributed by atoms with van der Waals surface area (Å²) in [6.45, 7) is 2.31. The molecular formula is C9H16V. The summed E-state index contributed by atoms with van der Waals surface area (Å²) in [6, 6.07) is 0. The summed E-state index contributed by atoms with van der Waals surface area (Å²) in [5, 5.41) is 0. The van der Waals surface area contributed by atoms with Crippen LogP contribution in [0, 0.1) is 11.3 Å². The van der Waals surface area contributed by atoms with E-state index in [-0.39, 0.29) is 18.6 Å². The van der Waals surface area contributed by atoms with Gasteiger partial charge in [0, 0.05) is 18.6 Å². The Labute approximate surface area is 75.7 Å². The smallest absolute Gasteiger partial charge is 0 e. The summed E-state index contributed by atoms with van der Waals surface area (Å²) in [4.78, 5) is 0. The van der Waals surface area contributed by atoms with Crippen LogP contribution in [0.25, 0.3) is 0 Å². The van der Waals surface area contributed by atoms with E-state index >= 15 is 0 Å². The molecule has 0 amide bonds. The zero-order valence-electron chi connectivity index (χ0n) is 6.77. The third-order valence-electron chi connectivity index (χ3n) is 3.35. The first-order valence-electron chi connectivity index (χ1n) is 4.37. The quantitative estimate of drug-likeness (QED) is 0.605. The van der Waals surface area contributed by atoms with Gasteiger partial charge in [-0.3, -0.25) is 0 Å². The van der Waals surface area contributed by atoms with Crippen molar-refractivity contribution in [3.05, 3.63) is 0 Å². The zero-order valence-corrected chi connectivity index (χ0v) is 8.16. The van der Waals surface area contributed by atoms with Gasteiger partial charge < -0.3 is 0 Å². The van der Waals surface area contributed by atoms with Gasteiger partial charge in [0.1, 0.15) is 0 Å². The van der Waals surface area contributed by atoms with Crippen LogP contribution in [0.1, 0.15) is 45.4 Å². The van der Waals surface area contributed by atoms with Gasteiger partial charge in [0.25, 0.3) is 0 Å². The number of hydrogen-bond donors (Lipinski definition) is 0. The average molecular weight is 175 g/mol. The standard InChI is InChI=1S/C9H16.V/c1-2-4-8-7-9(8)5-3-6-9;/h8H,2-7H2,1H3;. The van der Waals surface area contributed by atoms with Crippen LogP contribution < -0.4 is 0 Å². The Morgan fingerprint density at radius 1 is 1.40 bits per heavy atom. The minimum atomic E-state index is 0. The molecule has 57 valence electrons. The Morgan fingerprint density at radius 2 is 2.10 bits per heavy atom. The van der Waals surface area contributed by atoms with E-state index in [9.17, 15) is 0 Å². The molecule has 0 aliphatic heterocycles. The van der Waals surface area contributed by atoms with Crippen molar-refractivity contribution >= 4 is 0 Å². The molecule has 1 spiro atoms. The van der Waals surface area contributed by atoms with Crippen molar-refractivity contribution in [2.75, 3.05) is 0 Å². The van der Waals surface area contributed by atoms with Gasteiger partial charge in [0.2, 0.25) is 0 Å². The predicted molar refractivity (Wildman–Crippen MR) is 39.3 cm³/mol. The summed E-state index contributed by atoms with van der Waals surface area (Å²) in [5.74, 6) is 1.16. The van der Waals surface area contributed by atoms with Gasteiger partial charge in [-0.05, 0) is 30.6 Å². The molecule has 0 aromatic carbocycles. The van der Waals surface area contributed by atoms with Gasteiger partial charge in [-0.1, -0.05) is 26.2 Å². The van der Waals surface area contributed by atoms with Crippen LogP contribution in [0.5, 0.6) is 0 Å². The third-order valence-corrected chi connectivity index (χ3v) is 3.35. The molecule has 2 aliphatic carbocycles. The molecule has 2 aliphatic rings. The first kappa shape index (κ1) is 8.68. The fraction of sp³-hybridized carbons (Fsp3) is 1.00. The van der Waals surface area contributed by atoms with E-state index in [2.05, 4.69) is 6.92 Å². The maximum atomic E-state index is 2.31. The maximum Gasteiger partial charge on any atom is 0 e. The van der Waals surface area contributed by atoms with E-state index in [1.807, 2.05) is 0 Å². The molecule has 1 heteroatoms. The molecular weight excluding hydrogens is 159 g/mol. The molecule has 0 N–H and O–H groups in total. The Balaban J connectivity index is 0.000000500. The summed E-state index contributed by atoms with van der Waals surface area (Å²) >= 11 is 0. The average Bonchev–Trinajstić information content (AvgIpc) is 2.41. The van der Waals surface area contributed by atoms with E-state index in [4.69, 9.17) is 0 Å². The molecule has 0 aromatic rings. The fourth-order valence-corrected chi connectivity index (χ4v) is 2.43. The van der Waals surface area contributed by atoms with E-state index < -0.39 is 0 Å². The molecule has 0 heterocycles. The second-order valence-corrected chi connectivity index (χ2v) is 3.91. The maximum absolute atomic E-state index is 2.31. The third kappa shape index (κ3) is 1.17. The van der Waals surface area contributed by atoms with Crippen molar-refractivity contribution in [1.82, 2.24) is 0 Å². The van der Waals surface area contributed by atoms with Crippen molar-refractivity contribution in [2.24, 2.45) is 11.3 Å². The van der Waals surface area contributed by atoms with Crippen LogP contribution >= 0.6 is 0 Å². The molecule has 10 heavy (non-hydrogen) atoms. The predicted octanol–water partition coefficient (Wildman–Crippen LogP) is 2.97. The second kappa shape index (κ2) is 2.91. The van der Waals surface area contributed by atoms with Crippen LogP contribution in [0.15, 0.2) is 0 Å². The van der Waals surface area contributed by atoms with Gasteiger partial charge in [0.05, 0.1) is 0 Å². The van der Waals surface area contributed by atoms with Crippen LogP contribution in [-0.2, 0) is 18.6 Å². The molecule has 2 rings (SSSR count). The molecule has 1 atom stereocenters. The summed E-state index contributed by atoms with van der Waals surface area (Å²) in [6.07, 6.45) is 9.17. The van der Waals surface area contributed by atoms with Gasteiger partial charge in [-0.25, -0.2) is 0 Å². The van der Waals surface area contributed by atoms with Crippen LogP contribution in [0.4, 0.5) is 0 Å². The second-order valence-electron chi connectivity index (χ2n) is 3.91. The van der Waals surface area contributed by atoms with Crippen molar-refractivity contribution in [3.8, 4) is 0 Å². The molecule has 1 unspecified atom stereocenters. The van der Waals surface area contributed by atoms with E-state index in [0.29, 0.717) is 0 Å². The Kier molecular flexibility index (Phi) is 2.52. The van der Waals surface area contributed by atoms with Crippen molar-refractivity contribution in [2.45, 2.75) is 45.4 Å². The van der Waals surface area contributed by atoms with Crippen molar-refractivity contribution in [3.63, 3.8) is 0 Å². The van der Waals surface area contributed by atoms with Crippen LogP contribution in [0.2, 0.25) is 0 Å². The molecule has 2 saturated carbocycles. The van der Waals surface area contributed by atoms with Crippen molar-refractivity contribution < 1.29 is 18.6 Å². The van der Waals surface area contributed by atoms with Crippen LogP contribution in [-0.4, -0.2) is 0 Å². The monoisotopic (exact) mass is 175 g/mol. The first-order chi connectivity index (χ1) is 4.37. The van der Waals surface area contributed by atoms with Crippen molar-refractivity contribution in [1.29, 1.82) is 0 Å². The summed E-state index contributed by atoms with van der Waals surface area (Å²) in [7, 11) is 0. The minimum Gasteiger partial charge on any atom is -0.0654 e. The van der Waals surface area contributed by atoms with E-state index in [0.717, 1.165) is 11.3 Å². The first-order valence-corrected chi connectivity index (χ1v) is 4.37. The van der Waals surface area contributed by atoms with Gasteiger partial charge >= 0.3 is 0 Å².